The molecule has 1 heterocycles. The van der Waals surface area contributed by atoms with Crippen LogP contribution in [0.2, 0.25) is 0 Å². The highest BCUT2D eigenvalue weighted by molar-refractivity contribution is 5.36. The summed E-state index contributed by atoms with van der Waals surface area (Å²) in [5.74, 6) is 0. The van der Waals surface area contributed by atoms with Crippen LogP contribution in [0, 0.1) is 6.07 Å². The number of aromatic nitrogens is 1. The lowest BCUT2D eigenvalue weighted by Crippen LogP contribution is -1.95. The minimum Gasteiger partial charge on any atom is -0.261 e. The number of aryl methyl sites for hydroxylation is 2. The summed E-state index contributed by atoms with van der Waals surface area (Å²) in [5, 5.41) is 0. The summed E-state index contributed by atoms with van der Waals surface area (Å²) in [4.78, 5) is 4.45. The molecule has 0 saturated carbocycles. The van der Waals surface area contributed by atoms with Gasteiger partial charge in [-0.05, 0) is 41.7 Å². The fourth-order valence-corrected chi connectivity index (χ4v) is 2.21. The minimum atomic E-state index is 0.961. The van der Waals surface area contributed by atoms with Crippen LogP contribution in [0.3, 0.4) is 0 Å². The van der Waals surface area contributed by atoms with Crippen LogP contribution in [0.5, 0.6) is 0 Å². The second-order valence-corrected chi connectivity index (χ2v) is 3.96. The Kier molecular flexibility index (Phi) is 2.02. The zero-order valence-electron chi connectivity index (χ0n) is 8.53. The predicted molar refractivity (Wildman–Crippen MR) is 59.7 cm³/mol. The summed E-state index contributed by atoms with van der Waals surface area (Å²) in [6.07, 6.45) is 4.99. The highest BCUT2D eigenvalue weighted by atomic mass is 14.7. The average molecular weight is 194 g/mol. The molecule has 0 bridgehead atoms. The molecule has 0 fully saturated rings. The largest absolute Gasteiger partial charge is 0.261 e. The second-order valence-electron chi connectivity index (χ2n) is 3.96. The smallest absolute Gasteiger partial charge is 0.0485 e. The van der Waals surface area contributed by atoms with E-state index in [1.54, 1.807) is 0 Å². The molecule has 15 heavy (non-hydrogen) atoms. The van der Waals surface area contributed by atoms with E-state index in [9.17, 15) is 0 Å². The summed E-state index contributed by atoms with van der Waals surface area (Å²) < 4.78 is 0. The molecule has 0 N–H and O–H groups in total. The summed E-state index contributed by atoms with van der Waals surface area (Å²) in [5.41, 5.74) is 5.36. The fraction of sp³-hybridized carbons (Fsp3) is 0.214. The van der Waals surface area contributed by atoms with Gasteiger partial charge in [0.25, 0.3) is 0 Å². The monoisotopic (exact) mass is 194 g/mol. The third-order valence-electron chi connectivity index (χ3n) is 3.03. The van der Waals surface area contributed by atoms with Gasteiger partial charge in [0.1, 0.15) is 0 Å². The van der Waals surface area contributed by atoms with E-state index in [0.717, 1.165) is 19.3 Å². The Labute approximate surface area is 89.8 Å². The molecule has 0 atom stereocenters. The predicted octanol–water partition coefficient (Wildman–Crippen LogP) is 2.57. The summed E-state index contributed by atoms with van der Waals surface area (Å²) >= 11 is 0. The van der Waals surface area contributed by atoms with Gasteiger partial charge in [-0.2, -0.15) is 0 Å². The van der Waals surface area contributed by atoms with Gasteiger partial charge >= 0.3 is 0 Å². The molecule has 1 radical (unpaired) electrons. The molecule has 1 heteroatoms. The van der Waals surface area contributed by atoms with Crippen molar-refractivity contribution >= 4 is 0 Å². The van der Waals surface area contributed by atoms with E-state index in [2.05, 4.69) is 35.3 Å². The van der Waals surface area contributed by atoms with Crippen LogP contribution in [0.15, 0.2) is 36.5 Å². The molecule has 73 valence electrons. The number of rotatable bonds is 0. The summed E-state index contributed by atoms with van der Waals surface area (Å²) in [6, 6.07) is 13.9. The van der Waals surface area contributed by atoms with Crippen molar-refractivity contribution in [3.63, 3.8) is 0 Å². The van der Waals surface area contributed by atoms with Gasteiger partial charge in [-0.25, -0.2) is 0 Å². The molecule has 0 unspecified atom stereocenters. The maximum Gasteiger partial charge on any atom is 0.0485 e. The number of benzene rings is 1. The van der Waals surface area contributed by atoms with Gasteiger partial charge in [0, 0.05) is 18.3 Å². The minimum absolute atomic E-state index is 0.961. The number of fused-ring (bicyclic) bond motifs is 2. The molecule has 1 aliphatic rings. The van der Waals surface area contributed by atoms with E-state index in [0.29, 0.717) is 0 Å². The van der Waals surface area contributed by atoms with Crippen molar-refractivity contribution in [1.29, 1.82) is 0 Å². The summed E-state index contributed by atoms with van der Waals surface area (Å²) in [7, 11) is 0. The Bertz CT molecular complexity index is 443. The standard InChI is InChI=1S/C14H12N/c1-2-5-13-10-14-12(6-3-9-15-14)8-7-11(13)4-1/h1-5,9H,7-8,10H2. The van der Waals surface area contributed by atoms with Crippen LogP contribution in [0.1, 0.15) is 22.4 Å². The van der Waals surface area contributed by atoms with Gasteiger partial charge in [0.05, 0.1) is 0 Å². The second kappa shape index (κ2) is 3.50. The third kappa shape index (κ3) is 1.54. The van der Waals surface area contributed by atoms with Crippen LogP contribution < -0.4 is 0 Å². The van der Waals surface area contributed by atoms with E-state index in [4.69, 9.17) is 0 Å². The van der Waals surface area contributed by atoms with Crippen molar-refractivity contribution < 1.29 is 0 Å². The lowest BCUT2D eigenvalue weighted by molar-refractivity contribution is 0.949. The first-order valence-corrected chi connectivity index (χ1v) is 5.35. The Morgan fingerprint density at radius 2 is 1.93 bits per heavy atom. The quantitative estimate of drug-likeness (QED) is 0.628. The van der Waals surface area contributed by atoms with Gasteiger partial charge in [-0.3, -0.25) is 4.98 Å². The van der Waals surface area contributed by atoms with E-state index >= 15 is 0 Å². The number of hydrogen-bond donors (Lipinski definition) is 0. The molecule has 2 aromatic rings. The molecule has 1 aromatic heterocycles. The Morgan fingerprint density at radius 3 is 2.87 bits per heavy atom. The van der Waals surface area contributed by atoms with Crippen molar-refractivity contribution in [3.05, 3.63) is 65.0 Å². The SMILES string of the molecule is [c]1ccnc2c1CCc1ccccc1C2. The molecule has 1 aliphatic carbocycles. The molecule has 1 nitrogen and oxygen atoms in total. The first-order chi connectivity index (χ1) is 7.43. The van der Waals surface area contributed by atoms with Crippen LogP contribution in [0.25, 0.3) is 0 Å². The zero-order chi connectivity index (χ0) is 10.1. The van der Waals surface area contributed by atoms with Crippen LogP contribution in [0.4, 0.5) is 0 Å². The molecular weight excluding hydrogens is 182 g/mol. The fourth-order valence-electron chi connectivity index (χ4n) is 2.21. The van der Waals surface area contributed by atoms with E-state index in [1.807, 2.05) is 12.3 Å². The Morgan fingerprint density at radius 1 is 1.07 bits per heavy atom. The molecule has 0 saturated heterocycles. The number of pyridine rings is 1. The molecule has 0 spiro atoms. The average Bonchev–Trinajstić information content (AvgIpc) is 2.48. The van der Waals surface area contributed by atoms with Crippen LogP contribution in [-0.4, -0.2) is 4.98 Å². The van der Waals surface area contributed by atoms with Gasteiger partial charge in [-0.1, -0.05) is 24.3 Å². The van der Waals surface area contributed by atoms with Gasteiger partial charge in [0.15, 0.2) is 0 Å². The molecular formula is C14H12N. The zero-order valence-corrected chi connectivity index (χ0v) is 8.53. The van der Waals surface area contributed by atoms with Gasteiger partial charge in [-0.15, -0.1) is 0 Å². The maximum absolute atomic E-state index is 4.45. The van der Waals surface area contributed by atoms with E-state index < -0.39 is 0 Å². The first kappa shape index (κ1) is 8.66. The topological polar surface area (TPSA) is 12.9 Å². The molecule has 1 aromatic carbocycles. The van der Waals surface area contributed by atoms with Gasteiger partial charge in [0.2, 0.25) is 0 Å². The van der Waals surface area contributed by atoms with E-state index in [-0.39, 0.29) is 0 Å². The number of nitrogens with zero attached hydrogens (tertiary/aromatic N) is 1. The van der Waals surface area contributed by atoms with Crippen molar-refractivity contribution in [1.82, 2.24) is 4.98 Å². The highest BCUT2D eigenvalue weighted by Gasteiger charge is 2.12. The Hall–Kier alpha value is -1.63. The lowest BCUT2D eigenvalue weighted by Gasteiger charge is -2.03. The van der Waals surface area contributed by atoms with Crippen molar-refractivity contribution in [2.45, 2.75) is 19.3 Å². The Balaban J connectivity index is 2.10. The van der Waals surface area contributed by atoms with Crippen molar-refractivity contribution in [2.75, 3.05) is 0 Å². The maximum atomic E-state index is 4.45. The number of hydrogen-bond acceptors (Lipinski definition) is 1. The van der Waals surface area contributed by atoms with Gasteiger partial charge < -0.3 is 0 Å². The molecule has 0 aliphatic heterocycles. The van der Waals surface area contributed by atoms with Crippen molar-refractivity contribution in [2.24, 2.45) is 0 Å². The summed E-state index contributed by atoms with van der Waals surface area (Å²) in [6.45, 7) is 0. The van der Waals surface area contributed by atoms with Crippen molar-refractivity contribution in [3.8, 4) is 0 Å². The normalized spacial score (nSPS) is 13.9. The van der Waals surface area contributed by atoms with E-state index in [1.165, 1.54) is 22.4 Å². The first-order valence-electron chi connectivity index (χ1n) is 5.35. The highest BCUT2D eigenvalue weighted by Crippen LogP contribution is 2.21. The molecule has 0 amide bonds. The van der Waals surface area contributed by atoms with Crippen LogP contribution in [-0.2, 0) is 19.3 Å². The third-order valence-corrected chi connectivity index (χ3v) is 3.03. The molecule has 3 rings (SSSR count). The lowest BCUT2D eigenvalue weighted by atomic mass is 10.0. The van der Waals surface area contributed by atoms with Crippen LogP contribution >= 0.6 is 0 Å².